The summed E-state index contributed by atoms with van der Waals surface area (Å²) in [6.45, 7) is 0. The Morgan fingerprint density at radius 3 is 2.33 bits per heavy atom. The van der Waals surface area contributed by atoms with E-state index in [1.807, 2.05) is 36.4 Å². The van der Waals surface area contributed by atoms with Crippen molar-refractivity contribution in [1.29, 1.82) is 0 Å². The molecule has 0 aliphatic carbocycles. The fourth-order valence-electron chi connectivity index (χ4n) is 2.83. The molecule has 3 aromatic carbocycles. The second-order valence-electron chi connectivity index (χ2n) is 4.98. The summed E-state index contributed by atoms with van der Waals surface area (Å²) in [5.74, 6) is 0.852. The highest BCUT2D eigenvalue weighted by molar-refractivity contribution is 6.09. The molecule has 2 heteroatoms. The van der Waals surface area contributed by atoms with E-state index in [1.54, 1.807) is 7.11 Å². The van der Waals surface area contributed by atoms with Crippen LogP contribution >= 0.6 is 0 Å². The fourth-order valence-corrected chi connectivity index (χ4v) is 2.83. The van der Waals surface area contributed by atoms with Crippen LogP contribution in [0.25, 0.3) is 33.1 Å². The van der Waals surface area contributed by atoms with Crippen molar-refractivity contribution in [3.05, 3.63) is 66.7 Å². The molecule has 0 radical (unpaired) electrons. The molecular formula is C19H14O2. The molecule has 4 aromatic rings. The predicted molar refractivity (Wildman–Crippen MR) is 85.7 cm³/mol. The van der Waals surface area contributed by atoms with Crippen molar-refractivity contribution in [2.45, 2.75) is 0 Å². The zero-order valence-corrected chi connectivity index (χ0v) is 11.7. The van der Waals surface area contributed by atoms with Gasteiger partial charge in [-0.25, -0.2) is 0 Å². The number of methoxy groups -OCH3 is 1. The van der Waals surface area contributed by atoms with Crippen molar-refractivity contribution in [1.82, 2.24) is 0 Å². The molecule has 4 rings (SSSR count). The van der Waals surface area contributed by atoms with Crippen molar-refractivity contribution >= 4 is 21.9 Å². The molecule has 0 spiro atoms. The minimum Gasteiger partial charge on any atom is -0.496 e. The van der Waals surface area contributed by atoms with Crippen LogP contribution in [-0.2, 0) is 0 Å². The van der Waals surface area contributed by atoms with Gasteiger partial charge in [0.1, 0.15) is 16.9 Å². The van der Waals surface area contributed by atoms with E-state index in [2.05, 4.69) is 30.3 Å². The Morgan fingerprint density at radius 2 is 1.43 bits per heavy atom. The number of hydrogen-bond acceptors (Lipinski definition) is 2. The second kappa shape index (κ2) is 4.67. The first kappa shape index (κ1) is 12.0. The van der Waals surface area contributed by atoms with Gasteiger partial charge in [0.25, 0.3) is 0 Å². The van der Waals surface area contributed by atoms with E-state index < -0.39 is 0 Å². The summed E-state index contributed by atoms with van der Waals surface area (Å²) in [6, 6.07) is 22.4. The fraction of sp³-hybridized carbons (Fsp3) is 0.0526. The molecule has 0 aliphatic rings. The number of hydrogen-bond donors (Lipinski definition) is 0. The van der Waals surface area contributed by atoms with E-state index in [0.717, 1.165) is 38.8 Å². The number of benzene rings is 3. The van der Waals surface area contributed by atoms with Gasteiger partial charge in [-0.15, -0.1) is 0 Å². The predicted octanol–water partition coefficient (Wildman–Crippen LogP) is 5.26. The minimum atomic E-state index is 0.852. The van der Waals surface area contributed by atoms with Gasteiger partial charge in [0.2, 0.25) is 0 Å². The lowest BCUT2D eigenvalue weighted by Gasteiger charge is -2.08. The second-order valence-corrected chi connectivity index (χ2v) is 4.98. The maximum Gasteiger partial charge on any atom is 0.143 e. The molecule has 0 saturated heterocycles. The van der Waals surface area contributed by atoms with E-state index in [0.29, 0.717) is 0 Å². The Hall–Kier alpha value is -2.74. The topological polar surface area (TPSA) is 22.4 Å². The van der Waals surface area contributed by atoms with Gasteiger partial charge in [0.15, 0.2) is 0 Å². The van der Waals surface area contributed by atoms with Gasteiger partial charge in [-0.3, -0.25) is 0 Å². The van der Waals surface area contributed by atoms with Crippen LogP contribution in [0.15, 0.2) is 71.1 Å². The molecule has 1 heterocycles. The number of rotatable bonds is 2. The van der Waals surface area contributed by atoms with E-state index >= 15 is 0 Å². The zero-order chi connectivity index (χ0) is 14.2. The minimum absolute atomic E-state index is 0.852. The van der Waals surface area contributed by atoms with Gasteiger partial charge >= 0.3 is 0 Å². The highest BCUT2D eigenvalue weighted by Gasteiger charge is 2.13. The first-order valence-corrected chi connectivity index (χ1v) is 6.92. The largest absolute Gasteiger partial charge is 0.496 e. The molecule has 0 N–H and O–H groups in total. The van der Waals surface area contributed by atoms with E-state index in [9.17, 15) is 0 Å². The van der Waals surface area contributed by atoms with Gasteiger partial charge in [-0.2, -0.15) is 0 Å². The molecule has 1 aromatic heterocycles. The standard InChI is InChI=1S/C19H14O2/c1-20-17-11-4-2-7-13(17)15-9-6-10-16-14-8-3-5-12-18(14)21-19(15)16/h2-12H,1H3. The summed E-state index contributed by atoms with van der Waals surface area (Å²) in [5, 5.41) is 2.28. The van der Waals surface area contributed by atoms with Crippen LogP contribution < -0.4 is 4.74 Å². The molecule has 21 heavy (non-hydrogen) atoms. The summed E-state index contributed by atoms with van der Waals surface area (Å²) in [6.07, 6.45) is 0. The Morgan fingerprint density at radius 1 is 0.714 bits per heavy atom. The number of fused-ring (bicyclic) bond motifs is 3. The summed E-state index contributed by atoms with van der Waals surface area (Å²) >= 11 is 0. The molecule has 0 amide bonds. The van der Waals surface area contributed by atoms with Crippen LogP contribution in [0.2, 0.25) is 0 Å². The van der Waals surface area contributed by atoms with Crippen LogP contribution in [0, 0.1) is 0 Å². The summed E-state index contributed by atoms with van der Waals surface area (Å²) in [4.78, 5) is 0. The third-order valence-electron chi connectivity index (χ3n) is 3.80. The molecule has 0 unspecified atom stereocenters. The number of furan rings is 1. The maximum atomic E-state index is 6.08. The Kier molecular flexibility index (Phi) is 2.68. The molecule has 0 atom stereocenters. The van der Waals surface area contributed by atoms with Crippen LogP contribution in [0.4, 0.5) is 0 Å². The molecule has 0 fully saturated rings. The van der Waals surface area contributed by atoms with Crippen molar-refractivity contribution < 1.29 is 9.15 Å². The maximum absolute atomic E-state index is 6.08. The lowest BCUT2D eigenvalue weighted by molar-refractivity contribution is 0.416. The SMILES string of the molecule is COc1ccccc1-c1cccc2c1oc1ccccc12. The average Bonchev–Trinajstić information content (AvgIpc) is 2.93. The molecule has 2 nitrogen and oxygen atoms in total. The summed E-state index contributed by atoms with van der Waals surface area (Å²) in [5.41, 5.74) is 3.92. The first-order valence-electron chi connectivity index (χ1n) is 6.92. The van der Waals surface area contributed by atoms with Crippen LogP contribution in [0.3, 0.4) is 0 Å². The quantitative estimate of drug-likeness (QED) is 0.497. The highest BCUT2D eigenvalue weighted by Crippen LogP contribution is 2.38. The highest BCUT2D eigenvalue weighted by atomic mass is 16.5. The number of ether oxygens (including phenoxy) is 1. The zero-order valence-electron chi connectivity index (χ0n) is 11.7. The van der Waals surface area contributed by atoms with E-state index in [-0.39, 0.29) is 0 Å². The molecule has 0 saturated carbocycles. The van der Waals surface area contributed by atoms with Gasteiger partial charge in [0, 0.05) is 21.9 Å². The van der Waals surface area contributed by atoms with Crippen molar-refractivity contribution in [3.63, 3.8) is 0 Å². The van der Waals surface area contributed by atoms with E-state index in [1.165, 1.54) is 0 Å². The molecule has 102 valence electrons. The third-order valence-corrected chi connectivity index (χ3v) is 3.80. The first-order chi connectivity index (χ1) is 10.4. The lowest BCUT2D eigenvalue weighted by atomic mass is 10.0. The van der Waals surface area contributed by atoms with Crippen molar-refractivity contribution in [3.8, 4) is 16.9 Å². The smallest absolute Gasteiger partial charge is 0.143 e. The van der Waals surface area contributed by atoms with Crippen LogP contribution in [0.1, 0.15) is 0 Å². The lowest BCUT2D eigenvalue weighted by Crippen LogP contribution is -1.87. The Labute approximate surface area is 122 Å². The molecule has 0 aliphatic heterocycles. The van der Waals surface area contributed by atoms with Gasteiger partial charge < -0.3 is 9.15 Å². The normalized spacial score (nSPS) is 11.1. The Bertz CT molecular complexity index is 935. The summed E-state index contributed by atoms with van der Waals surface area (Å²) < 4.78 is 11.6. The third kappa shape index (κ3) is 1.80. The average molecular weight is 274 g/mol. The number of para-hydroxylation sites is 3. The summed E-state index contributed by atoms with van der Waals surface area (Å²) in [7, 11) is 1.69. The van der Waals surface area contributed by atoms with Gasteiger partial charge in [-0.1, -0.05) is 54.6 Å². The van der Waals surface area contributed by atoms with Crippen molar-refractivity contribution in [2.24, 2.45) is 0 Å². The monoisotopic (exact) mass is 274 g/mol. The van der Waals surface area contributed by atoms with Gasteiger partial charge in [0.05, 0.1) is 7.11 Å². The van der Waals surface area contributed by atoms with Crippen LogP contribution in [0.5, 0.6) is 5.75 Å². The Balaban J connectivity index is 2.10. The van der Waals surface area contributed by atoms with Gasteiger partial charge in [-0.05, 0) is 12.1 Å². The molecular weight excluding hydrogens is 260 g/mol. The van der Waals surface area contributed by atoms with E-state index in [4.69, 9.17) is 9.15 Å². The molecule has 0 bridgehead atoms. The van der Waals surface area contributed by atoms with Crippen molar-refractivity contribution in [2.75, 3.05) is 7.11 Å². The van der Waals surface area contributed by atoms with Crippen LogP contribution in [-0.4, -0.2) is 7.11 Å².